The molecule has 6 nitrogen and oxygen atoms in total. The maximum atomic E-state index is 12.4. The Kier molecular flexibility index (Phi) is 4.14. The Morgan fingerprint density at radius 2 is 2.09 bits per heavy atom. The Balaban J connectivity index is 1.75. The smallest absolute Gasteiger partial charge is 0.274 e. The van der Waals surface area contributed by atoms with Crippen molar-refractivity contribution in [1.82, 2.24) is 24.6 Å². The summed E-state index contributed by atoms with van der Waals surface area (Å²) >= 11 is 0. The summed E-state index contributed by atoms with van der Waals surface area (Å²) in [7, 11) is 1.75. The number of carbonyl (C=O) groups is 1. The molecule has 3 aromatic rings. The highest BCUT2D eigenvalue weighted by Gasteiger charge is 2.14. The molecule has 0 bridgehead atoms. The Morgan fingerprint density at radius 3 is 2.78 bits per heavy atom. The quantitative estimate of drug-likeness (QED) is 0.741. The molecule has 0 saturated carbocycles. The van der Waals surface area contributed by atoms with Gasteiger partial charge >= 0.3 is 0 Å². The number of aromatic nitrogens is 4. The van der Waals surface area contributed by atoms with E-state index in [0.29, 0.717) is 12.2 Å². The van der Waals surface area contributed by atoms with Crippen LogP contribution in [0.15, 0.2) is 55.1 Å². The number of aryl methyl sites for hydroxylation is 1. The maximum absolute atomic E-state index is 12.4. The second-order valence-corrected chi connectivity index (χ2v) is 5.32. The number of benzene rings is 1. The molecule has 0 N–H and O–H groups in total. The van der Waals surface area contributed by atoms with E-state index in [1.54, 1.807) is 29.0 Å². The molecular weight excluding hydrogens is 290 g/mol. The van der Waals surface area contributed by atoms with Gasteiger partial charge in [0, 0.05) is 32.2 Å². The van der Waals surface area contributed by atoms with Crippen LogP contribution in [0.5, 0.6) is 0 Å². The number of amides is 1. The summed E-state index contributed by atoms with van der Waals surface area (Å²) in [5.41, 5.74) is 3.12. The summed E-state index contributed by atoms with van der Waals surface area (Å²) in [6.45, 7) is 2.33. The Labute approximate surface area is 134 Å². The number of rotatable bonds is 4. The molecule has 116 valence electrons. The van der Waals surface area contributed by atoms with Crippen molar-refractivity contribution >= 4 is 5.91 Å². The molecule has 6 heteroatoms. The summed E-state index contributed by atoms with van der Waals surface area (Å²) in [6, 6.07) is 9.80. The van der Waals surface area contributed by atoms with Crippen molar-refractivity contribution in [3.63, 3.8) is 0 Å². The first kappa shape index (κ1) is 14.9. The van der Waals surface area contributed by atoms with Crippen LogP contribution in [-0.2, 0) is 6.54 Å². The summed E-state index contributed by atoms with van der Waals surface area (Å²) in [4.78, 5) is 22.3. The van der Waals surface area contributed by atoms with E-state index in [4.69, 9.17) is 0 Å². The van der Waals surface area contributed by atoms with E-state index in [0.717, 1.165) is 16.9 Å². The average molecular weight is 307 g/mol. The highest BCUT2D eigenvalue weighted by Crippen LogP contribution is 2.12. The van der Waals surface area contributed by atoms with Crippen LogP contribution in [0.1, 0.15) is 21.7 Å². The standard InChI is InChI=1S/C17H17N5O/c1-13-10-19-16(11-18-13)17(23)21(2)12-14-5-3-6-15(9-14)22-8-4-7-20-22/h3-11H,12H2,1-2H3. The number of carbonyl (C=O) groups excluding carboxylic acids is 1. The van der Waals surface area contributed by atoms with Crippen LogP contribution in [-0.4, -0.2) is 37.6 Å². The lowest BCUT2D eigenvalue weighted by molar-refractivity contribution is 0.0779. The predicted octanol–water partition coefficient (Wildman–Crippen LogP) is 2.24. The van der Waals surface area contributed by atoms with Crippen molar-refractivity contribution < 1.29 is 4.79 Å². The van der Waals surface area contributed by atoms with Gasteiger partial charge in [0.1, 0.15) is 5.69 Å². The molecule has 1 amide bonds. The van der Waals surface area contributed by atoms with Crippen molar-refractivity contribution in [3.8, 4) is 5.69 Å². The second kappa shape index (κ2) is 6.39. The van der Waals surface area contributed by atoms with Crippen molar-refractivity contribution in [2.45, 2.75) is 13.5 Å². The fourth-order valence-electron chi connectivity index (χ4n) is 2.26. The first-order valence-corrected chi connectivity index (χ1v) is 7.26. The van der Waals surface area contributed by atoms with Crippen LogP contribution in [0, 0.1) is 6.92 Å². The van der Waals surface area contributed by atoms with Gasteiger partial charge in [-0.1, -0.05) is 12.1 Å². The average Bonchev–Trinajstić information content (AvgIpc) is 3.10. The summed E-state index contributed by atoms with van der Waals surface area (Å²) in [5, 5.41) is 4.22. The van der Waals surface area contributed by atoms with Crippen molar-refractivity contribution in [1.29, 1.82) is 0 Å². The molecule has 1 aromatic carbocycles. The van der Waals surface area contributed by atoms with Crippen LogP contribution >= 0.6 is 0 Å². The fourth-order valence-corrected chi connectivity index (χ4v) is 2.26. The van der Waals surface area contributed by atoms with Crippen LogP contribution in [0.25, 0.3) is 5.69 Å². The van der Waals surface area contributed by atoms with Gasteiger partial charge in [-0.05, 0) is 30.7 Å². The molecule has 0 atom stereocenters. The predicted molar refractivity (Wildman–Crippen MR) is 86.1 cm³/mol. The molecule has 0 aliphatic carbocycles. The fraction of sp³-hybridized carbons (Fsp3) is 0.176. The van der Waals surface area contributed by atoms with Gasteiger partial charge in [-0.25, -0.2) is 9.67 Å². The molecule has 0 spiro atoms. The minimum Gasteiger partial charge on any atom is -0.336 e. The maximum Gasteiger partial charge on any atom is 0.274 e. The summed E-state index contributed by atoms with van der Waals surface area (Å²) in [6.07, 6.45) is 6.72. The zero-order valence-electron chi connectivity index (χ0n) is 13.0. The number of hydrogen-bond acceptors (Lipinski definition) is 4. The van der Waals surface area contributed by atoms with Crippen LogP contribution in [0.3, 0.4) is 0 Å². The van der Waals surface area contributed by atoms with Crippen LogP contribution in [0.4, 0.5) is 0 Å². The molecule has 0 aliphatic heterocycles. The monoisotopic (exact) mass is 307 g/mol. The summed E-state index contributed by atoms with van der Waals surface area (Å²) < 4.78 is 1.79. The number of nitrogens with zero attached hydrogens (tertiary/aromatic N) is 5. The highest BCUT2D eigenvalue weighted by molar-refractivity contribution is 5.91. The van der Waals surface area contributed by atoms with E-state index in [-0.39, 0.29) is 5.91 Å². The van der Waals surface area contributed by atoms with E-state index in [9.17, 15) is 4.79 Å². The third-order valence-electron chi connectivity index (χ3n) is 3.45. The zero-order chi connectivity index (χ0) is 16.2. The van der Waals surface area contributed by atoms with Crippen molar-refractivity contribution in [2.75, 3.05) is 7.05 Å². The van der Waals surface area contributed by atoms with Gasteiger partial charge in [0.2, 0.25) is 0 Å². The van der Waals surface area contributed by atoms with E-state index < -0.39 is 0 Å². The molecule has 2 heterocycles. The lowest BCUT2D eigenvalue weighted by Crippen LogP contribution is -2.27. The Hall–Kier alpha value is -3.02. The van der Waals surface area contributed by atoms with Gasteiger partial charge in [0.25, 0.3) is 5.91 Å². The third-order valence-corrected chi connectivity index (χ3v) is 3.45. The number of hydrogen-bond donors (Lipinski definition) is 0. The normalized spacial score (nSPS) is 10.5. The SMILES string of the molecule is Cc1cnc(C(=O)N(C)Cc2cccc(-n3cccn3)c2)cn1. The van der Waals surface area contributed by atoms with Gasteiger partial charge < -0.3 is 4.90 Å². The lowest BCUT2D eigenvalue weighted by Gasteiger charge is -2.17. The van der Waals surface area contributed by atoms with Gasteiger partial charge in [-0.3, -0.25) is 9.78 Å². The largest absolute Gasteiger partial charge is 0.336 e. The molecule has 0 fully saturated rings. The minimum atomic E-state index is -0.151. The molecule has 3 rings (SSSR count). The topological polar surface area (TPSA) is 63.9 Å². The van der Waals surface area contributed by atoms with E-state index in [1.807, 2.05) is 43.5 Å². The molecule has 0 aliphatic rings. The lowest BCUT2D eigenvalue weighted by atomic mass is 10.2. The molecule has 2 aromatic heterocycles. The summed E-state index contributed by atoms with van der Waals surface area (Å²) in [5.74, 6) is -0.151. The second-order valence-electron chi connectivity index (χ2n) is 5.32. The molecule has 23 heavy (non-hydrogen) atoms. The van der Waals surface area contributed by atoms with E-state index in [2.05, 4.69) is 15.1 Å². The molecular formula is C17H17N5O. The zero-order valence-corrected chi connectivity index (χ0v) is 13.0. The molecule has 0 unspecified atom stereocenters. The van der Waals surface area contributed by atoms with Gasteiger partial charge in [0.15, 0.2) is 0 Å². The van der Waals surface area contributed by atoms with Crippen LogP contribution in [0.2, 0.25) is 0 Å². The first-order valence-electron chi connectivity index (χ1n) is 7.26. The first-order chi connectivity index (χ1) is 11.1. The van der Waals surface area contributed by atoms with Gasteiger partial charge in [-0.15, -0.1) is 0 Å². The van der Waals surface area contributed by atoms with E-state index >= 15 is 0 Å². The van der Waals surface area contributed by atoms with Gasteiger partial charge in [0.05, 0.1) is 17.6 Å². The van der Waals surface area contributed by atoms with Crippen molar-refractivity contribution in [2.24, 2.45) is 0 Å². The highest BCUT2D eigenvalue weighted by atomic mass is 16.2. The Morgan fingerprint density at radius 1 is 1.22 bits per heavy atom. The molecule has 0 saturated heterocycles. The third kappa shape index (κ3) is 3.42. The Bertz CT molecular complexity index is 796. The van der Waals surface area contributed by atoms with Crippen LogP contribution < -0.4 is 0 Å². The molecule has 0 radical (unpaired) electrons. The van der Waals surface area contributed by atoms with Crippen molar-refractivity contribution in [3.05, 3.63) is 72.1 Å². The van der Waals surface area contributed by atoms with Gasteiger partial charge in [-0.2, -0.15) is 5.10 Å². The van der Waals surface area contributed by atoms with E-state index in [1.165, 1.54) is 6.20 Å². The minimum absolute atomic E-state index is 0.151.